The van der Waals surface area contributed by atoms with Gasteiger partial charge in [-0.1, -0.05) is 51.1 Å². The first-order valence-electron chi connectivity index (χ1n) is 9.72. The molecule has 1 N–H and O–H groups in total. The molecule has 8 heteroatoms. The lowest BCUT2D eigenvalue weighted by atomic mass is 9.98. The standard InChI is InChI=1S/C20H30O7Si/c1-5-28(6-2,7-3)25-14-16-17(20(4,23)18(21)26-16)27-19(22)24-13-15-11-9-8-10-12-15/h8-12,16-17,23H,5-7,13-14H2,1-4H3/t16-,17-,20+/m1/s1. The Balaban J connectivity index is 2.01. The van der Waals surface area contributed by atoms with Gasteiger partial charge in [0.2, 0.25) is 0 Å². The maximum absolute atomic E-state index is 12.1. The van der Waals surface area contributed by atoms with E-state index < -0.39 is 38.3 Å². The van der Waals surface area contributed by atoms with Gasteiger partial charge in [0, 0.05) is 0 Å². The zero-order valence-electron chi connectivity index (χ0n) is 17.0. The van der Waals surface area contributed by atoms with Gasteiger partial charge in [0.1, 0.15) is 6.61 Å². The van der Waals surface area contributed by atoms with Crippen LogP contribution in [0.2, 0.25) is 18.1 Å². The van der Waals surface area contributed by atoms with E-state index in [2.05, 4.69) is 20.8 Å². The van der Waals surface area contributed by atoms with Gasteiger partial charge in [0.25, 0.3) is 0 Å². The minimum atomic E-state index is -1.95. The van der Waals surface area contributed by atoms with E-state index in [0.29, 0.717) is 0 Å². The van der Waals surface area contributed by atoms with Gasteiger partial charge in [-0.2, -0.15) is 0 Å². The Bertz CT molecular complexity index is 650. The summed E-state index contributed by atoms with van der Waals surface area (Å²) in [5.41, 5.74) is -1.15. The van der Waals surface area contributed by atoms with Crippen molar-refractivity contribution in [2.75, 3.05) is 6.61 Å². The molecular formula is C20H30O7Si. The highest BCUT2D eigenvalue weighted by Gasteiger charge is 2.56. The van der Waals surface area contributed by atoms with E-state index >= 15 is 0 Å². The summed E-state index contributed by atoms with van der Waals surface area (Å²) in [6.07, 6.45) is -3.04. The number of cyclic esters (lactones) is 1. The second-order valence-corrected chi connectivity index (χ2v) is 12.0. The maximum Gasteiger partial charge on any atom is 0.509 e. The van der Waals surface area contributed by atoms with Crippen LogP contribution >= 0.6 is 0 Å². The van der Waals surface area contributed by atoms with Gasteiger partial charge < -0.3 is 23.7 Å². The molecule has 1 aromatic carbocycles. The number of hydrogen-bond donors (Lipinski definition) is 1. The molecule has 0 spiro atoms. The van der Waals surface area contributed by atoms with Crippen molar-refractivity contribution in [1.29, 1.82) is 0 Å². The van der Waals surface area contributed by atoms with E-state index in [0.717, 1.165) is 23.7 Å². The van der Waals surface area contributed by atoms with Gasteiger partial charge in [-0.05, 0) is 30.6 Å². The third kappa shape index (κ3) is 5.12. The van der Waals surface area contributed by atoms with E-state index in [1.165, 1.54) is 6.92 Å². The van der Waals surface area contributed by atoms with E-state index in [-0.39, 0.29) is 13.2 Å². The van der Waals surface area contributed by atoms with Crippen molar-refractivity contribution >= 4 is 20.4 Å². The second kappa shape index (κ2) is 9.53. The van der Waals surface area contributed by atoms with Crippen LogP contribution in [0.15, 0.2) is 30.3 Å². The molecule has 0 saturated carbocycles. The molecule has 3 atom stereocenters. The van der Waals surface area contributed by atoms with Crippen LogP contribution in [-0.4, -0.2) is 50.0 Å². The van der Waals surface area contributed by atoms with Crippen molar-refractivity contribution < 1.29 is 33.3 Å². The lowest BCUT2D eigenvalue weighted by Gasteiger charge is -2.30. The third-order valence-electron chi connectivity index (χ3n) is 5.47. The largest absolute Gasteiger partial charge is 0.509 e. The Labute approximate surface area is 167 Å². The molecule has 28 heavy (non-hydrogen) atoms. The zero-order chi connectivity index (χ0) is 20.8. The molecular weight excluding hydrogens is 380 g/mol. The van der Waals surface area contributed by atoms with Gasteiger partial charge in [0.05, 0.1) is 6.61 Å². The van der Waals surface area contributed by atoms with E-state index in [1.54, 1.807) is 0 Å². The molecule has 1 aliphatic heterocycles. The molecule has 1 aliphatic rings. The lowest BCUT2D eigenvalue weighted by molar-refractivity contribution is -0.155. The zero-order valence-corrected chi connectivity index (χ0v) is 18.0. The van der Waals surface area contributed by atoms with Crippen LogP contribution in [0.25, 0.3) is 0 Å². The number of carbonyl (C=O) groups excluding carboxylic acids is 2. The number of hydrogen-bond acceptors (Lipinski definition) is 7. The fourth-order valence-corrected chi connectivity index (χ4v) is 5.91. The summed E-state index contributed by atoms with van der Waals surface area (Å²) >= 11 is 0. The fourth-order valence-electron chi connectivity index (χ4n) is 3.28. The van der Waals surface area contributed by atoms with Gasteiger partial charge in [-0.3, -0.25) is 0 Å². The van der Waals surface area contributed by atoms with Crippen LogP contribution < -0.4 is 0 Å². The van der Waals surface area contributed by atoms with Gasteiger partial charge >= 0.3 is 12.1 Å². The summed E-state index contributed by atoms with van der Waals surface area (Å²) in [6.45, 7) is 7.65. The average molecular weight is 411 g/mol. The van der Waals surface area contributed by atoms with Crippen LogP contribution in [0.3, 0.4) is 0 Å². The quantitative estimate of drug-likeness (QED) is 0.493. The van der Waals surface area contributed by atoms with Gasteiger partial charge in [-0.15, -0.1) is 0 Å². The SMILES string of the molecule is CC[Si](CC)(CC)OC[C@H]1OC(=O)[C@@](C)(O)[C@@H]1OC(=O)OCc1ccccc1. The van der Waals surface area contributed by atoms with Crippen molar-refractivity contribution in [3.05, 3.63) is 35.9 Å². The number of rotatable bonds is 9. The molecule has 7 nitrogen and oxygen atoms in total. The van der Waals surface area contributed by atoms with E-state index in [9.17, 15) is 14.7 Å². The minimum absolute atomic E-state index is 0.0298. The highest BCUT2D eigenvalue weighted by molar-refractivity contribution is 6.73. The summed E-state index contributed by atoms with van der Waals surface area (Å²) in [4.78, 5) is 24.2. The Kier molecular flexibility index (Phi) is 7.62. The topological polar surface area (TPSA) is 91.3 Å². The van der Waals surface area contributed by atoms with Crippen LogP contribution in [0.5, 0.6) is 0 Å². The Morgan fingerprint density at radius 1 is 1.18 bits per heavy atom. The smallest absolute Gasteiger partial charge is 0.454 e. The number of ether oxygens (including phenoxy) is 3. The lowest BCUT2D eigenvalue weighted by Crippen LogP contribution is -2.48. The monoisotopic (exact) mass is 410 g/mol. The van der Waals surface area contributed by atoms with Crippen molar-refractivity contribution in [1.82, 2.24) is 0 Å². The molecule has 1 fully saturated rings. The third-order valence-corrected chi connectivity index (χ3v) is 10.1. The first-order chi connectivity index (χ1) is 13.3. The highest BCUT2D eigenvalue weighted by Crippen LogP contribution is 2.31. The Morgan fingerprint density at radius 2 is 1.79 bits per heavy atom. The first kappa shape index (κ1) is 22.4. The van der Waals surface area contributed by atoms with Crippen molar-refractivity contribution in [2.24, 2.45) is 0 Å². The summed E-state index contributed by atoms with van der Waals surface area (Å²) < 4.78 is 21.8. The van der Waals surface area contributed by atoms with Gasteiger partial charge in [0.15, 0.2) is 26.1 Å². The Morgan fingerprint density at radius 3 is 2.36 bits per heavy atom. The minimum Gasteiger partial charge on any atom is -0.454 e. The van der Waals surface area contributed by atoms with Crippen molar-refractivity contribution in [2.45, 2.75) is 70.2 Å². The van der Waals surface area contributed by atoms with Crippen LogP contribution in [0.1, 0.15) is 33.3 Å². The molecule has 0 aliphatic carbocycles. The van der Waals surface area contributed by atoms with E-state index in [4.69, 9.17) is 18.6 Å². The number of carbonyl (C=O) groups is 2. The summed E-state index contributed by atoms with van der Waals surface area (Å²) in [6, 6.07) is 11.9. The molecule has 0 aromatic heterocycles. The molecule has 1 heterocycles. The van der Waals surface area contributed by atoms with Crippen LogP contribution in [0.4, 0.5) is 4.79 Å². The molecule has 1 aromatic rings. The summed E-state index contributed by atoms with van der Waals surface area (Å²) in [5.74, 6) is -0.835. The van der Waals surface area contributed by atoms with Gasteiger partial charge in [-0.25, -0.2) is 9.59 Å². The number of esters is 1. The van der Waals surface area contributed by atoms with Crippen molar-refractivity contribution in [3.8, 4) is 0 Å². The average Bonchev–Trinajstić information content (AvgIpc) is 2.92. The maximum atomic E-state index is 12.1. The predicted molar refractivity (Wildman–Crippen MR) is 105 cm³/mol. The predicted octanol–water partition coefficient (Wildman–Crippen LogP) is 3.41. The number of benzene rings is 1. The van der Waals surface area contributed by atoms with E-state index in [1.807, 2.05) is 30.3 Å². The van der Waals surface area contributed by atoms with Crippen LogP contribution in [-0.2, 0) is 30.0 Å². The highest BCUT2D eigenvalue weighted by atomic mass is 28.4. The second-order valence-electron chi connectivity index (χ2n) is 7.21. The van der Waals surface area contributed by atoms with Crippen LogP contribution in [0, 0.1) is 0 Å². The normalized spacial score (nSPS) is 24.7. The summed E-state index contributed by atoms with van der Waals surface area (Å²) in [5, 5.41) is 10.5. The summed E-state index contributed by atoms with van der Waals surface area (Å²) in [7, 11) is -1.93. The molecule has 0 radical (unpaired) electrons. The molecule has 0 bridgehead atoms. The Hall–Kier alpha value is -1.90. The molecule has 2 rings (SSSR count). The van der Waals surface area contributed by atoms with Crippen molar-refractivity contribution in [3.63, 3.8) is 0 Å². The molecule has 156 valence electrons. The molecule has 1 saturated heterocycles. The molecule has 0 unspecified atom stereocenters. The first-order valence-corrected chi connectivity index (χ1v) is 12.3. The molecule has 0 amide bonds. The number of aliphatic hydroxyl groups is 1. The fraction of sp³-hybridized carbons (Fsp3) is 0.600.